The molecule has 7 heteroatoms. The third-order valence-corrected chi connectivity index (χ3v) is 2.28. The SMILES string of the molecule is Cc1cc(C(=O)NCC(O)C(N)=O)c(F)cc1F. The number of aliphatic hydroxyl groups excluding tert-OH is 1. The van der Waals surface area contributed by atoms with Gasteiger partial charge in [-0.3, -0.25) is 9.59 Å². The molecule has 4 N–H and O–H groups in total. The maximum atomic E-state index is 13.3. The van der Waals surface area contributed by atoms with Crippen molar-refractivity contribution >= 4 is 11.8 Å². The number of amides is 2. The summed E-state index contributed by atoms with van der Waals surface area (Å²) in [4.78, 5) is 22.0. The van der Waals surface area contributed by atoms with Gasteiger partial charge < -0.3 is 16.2 Å². The summed E-state index contributed by atoms with van der Waals surface area (Å²) in [6.45, 7) is 0.938. The van der Waals surface area contributed by atoms with Crippen LogP contribution in [0.5, 0.6) is 0 Å². The Balaban J connectivity index is 2.79. The average molecular weight is 258 g/mol. The van der Waals surface area contributed by atoms with Crippen LogP contribution in [0.1, 0.15) is 15.9 Å². The van der Waals surface area contributed by atoms with Crippen molar-refractivity contribution in [3.05, 3.63) is 34.9 Å². The number of aliphatic hydroxyl groups is 1. The molecular formula is C11H12F2N2O3. The minimum Gasteiger partial charge on any atom is -0.381 e. The Morgan fingerprint density at radius 1 is 1.39 bits per heavy atom. The van der Waals surface area contributed by atoms with Crippen LogP contribution in [-0.4, -0.2) is 29.6 Å². The van der Waals surface area contributed by atoms with E-state index in [0.717, 1.165) is 6.07 Å². The summed E-state index contributed by atoms with van der Waals surface area (Å²) >= 11 is 0. The van der Waals surface area contributed by atoms with Crippen LogP contribution in [0.15, 0.2) is 12.1 Å². The molecule has 0 aliphatic carbocycles. The van der Waals surface area contributed by atoms with Gasteiger partial charge in [0.05, 0.1) is 12.1 Å². The third kappa shape index (κ3) is 3.24. The van der Waals surface area contributed by atoms with Gasteiger partial charge in [-0.1, -0.05) is 0 Å². The van der Waals surface area contributed by atoms with E-state index in [-0.39, 0.29) is 11.1 Å². The zero-order valence-corrected chi connectivity index (χ0v) is 9.54. The molecule has 0 saturated carbocycles. The van der Waals surface area contributed by atoms with E-state index in [0.29, 0.717) is 6.07 Å². The molecule has 0 heterocycles. The molecule has 1 rings (SSSR count). The number of nitrogens with one attached hydrogen (secondary N) is 1. The second kappa shape index (κ2) is 5.54. The molecule has 1 atom stereocenters. The first kappa shape index (κ1) is 14.0. The van der Waals surface area contributed by atoms with Gasteiger partial charge in [0.15, 0.2) is 0 Å². The molecule has 0 radical (unpaired) electrons. The molecule has 0 aliphatic rings. The Bertz CT molecular complexity index is 491. The lowest BCUT2D eigenvalue weighted by atomic mass is 10.1. The summed E-state index contributed by atoms with van der Waals surface area (Å²) in [5.41, 5.74) is 4.51. The quantitative estimate of drug-likeness (QED) is 0.701. The van der Waals surface area contributed by atoms with Crippen molar-refractivity contribution in [1.82, 2.24) is 5.32 Å². The summed E-state index contributed by atoms with van der Waals surface area (Å²) in [5, 5.41) is 11.2. The van der Waals surface area contributed by atoms with Gasteiger partial charge in [-0.05, 0) is 18.6 Å². The molecule has 0 aliphatic heterocycles. The molecule has 0 saturated heterocycles. The summed E-state index contributed by atoms with van der Waals surface area (Å²) in [6.07, 6.45) is -1.56. The van der Waals surface area contributed by atoms with E-state index < -0.39 is 36.1 Å². The van der Waals surface area contributed by atoms with E-state index in [9.17, 15) is 18.4 Å². The fraction of sp³-hybridized carbons (Fsp3) is 0.273. The highest BCUT2D eigenvalue weighted by molar-refractivity contribution is 5.95. The zero-order chi connectivity index (χ0) is 13.9. The fourth-order valence-electron chi connectivity index (χ4n) is 1.22. The van der Waals surface area contributed by atoms with Crippen LogP contribution in [0.4, 0.5) is 8.78 Å². The standard InChI is InChI=1S/C11H12F2N2O3/c1-5-2-6(8(13)3-7(5)12)11(18)15-4-9(16)10(14)17/h2-3,9,16H,4H2,1H3,(H2,14,17)(H,15,18). The Morgan fingerprint density at radius 3 is 2.56 bits per heavy atom. The van der Waals surface area contributed by atoms with Gasteiger partial charge in [-0.25, -0.2) is 8.78 Å². The van der Waals surface area contributed by atoms with Crippen LogP contribution in [0.3, 0.4) is 0 Å². The number of primary amides is 1. The van der Waals surface area contributed by atoms with Crippen molar-refractivity contribution in [2.45, 2.75) is 13.0 Å². The Kier molecular flexibility index (Phi) is 4.33. The minimum atomic E-state index is -1.56. The zero-order valence-electron chi connectivity index (χ0n) is 9.54. The molecule has 1 aromatic rings. The molecule has 2 amide bonds. The number of nitrogens with two attached hydrogens (primary N) is 1. The van der Waals surface area contributed by atoms with Crippen LogP contribution in [0.2, 0.25) is 0 Å². The minimum absolute atomic E-state index is 0.108. The van der Waals surface area contributed by atoms with E-state index in [1.807, 2.05) is 0 Å². The Morgan fingerprint density at radius 2 is 2.00 bits per heavy atom. The van der Waals surface area contributed by atoms with Gasteiger partial charge in [0.1, 0.15) is 17.7 Å². The highest BCUT2D eigenvalue weighted by Gasteiger charge is 2.17. The number of rotatable bonds is 4. The first-order chi connectivity index (χ1) is 8.32. The monoisotopic (exact) mass is 258 g/mol. The van der Waals surface area contributed by atoms with Crippen LogP contribution in [-0.2, 0) is 4.79 Å². The lowest BCUT2D eigenvalue weighted by molar-refractivity contribution is -0.125. The number of carbonyl (C=O) groups is 2. The van der Waals surface area contributed by atoms with E-state index >= 15 is 0 Å². The number of hydrogen-bond acceptors (Lipinski definition) is 3. The number of benzene rings is 1. The van der Waals surface area contributed by atoms with E-state index in [1.54, 1.807) is 0 Å². The van der Waals surface area contributed by atoms with Crippen molar-refractivity contribution < 1.29 is 23.5 Å². The van der Waals surface area contributed by atoms with Crippen molar-refractivity contribution in [3.63, 3.8) is 0 Å². The first-order valence-corrected chi connectivity index (χ1v) is 5.04. The molecule has 0 fully saturated rings. The number of carbonyl (C=O) groups excluding carboxylic acids is 2. The highest BCUT2D eigenvalue weighted by atomic mass is 19.1. The lowest BCUT2D eigenvalue weighted by Gasteiger charge is -2.09. The van der Waals surface area contributed by atoms with Gasteiger partial charge in [0.25, 0.3) is 5.91 Å². The molecule has 5 nitrogen and oxygen atoms in total. The van der Waals surface area contributed by atoms with Gasteiger partial charge in [0.2, 0.25) is 5.91 Å². The van der Waals surface area contributed by atoms with Crippen molar-refractivity contribution in [2.75, 3.05) is 6.54 Å². The van der Waals surface area contributed by atoms with Gasteiger partial charge in [-0.15, -0.1) is 0 Å². The molecule has 0 bridgehead atoms. The van der Waals surface area contributed by atoms with Gasteiger partial charge in [0, 0.05) is 6.07 Å². The average Bonchev–Trinajstić information content (AvgIpc) is 2.30. The van der Waals surface area contributed by atoms with Crippen LogP contribution in [0, 0.1) is 18.6 Å². The summed E-state index contributed by atoms with van der Waals surface area (Å²) < 4.78 is 26.3. The lowest BCUT2D eigenvalue weighted by Crippen LogP contribution is -2.40. The number of hydrogen-bond donors (Lipinski definition) is 3. The largest absolute Gasteiger partial charge is 0.381 e. The van der Waals surface area contributed by atoms with Crippen molar-refractivity contribution in [2.24, 2.45) is 5.73 Å². The maximum absolute atomic E-state index is 13.3. The Hall–Kier alpha value is -2.02. The molecular weight excluding hydrogens is 246 g/mol. The smallest absolute Gasteiger partial charge is 0.254 e. The van der Waals surface area contributed by atoms with Crippen molar-refractivity contribution in [1.29, 1.82) is 0 Å². The van der Waals surface area contributed by atoms with E-state index in [2.05, 4.69) is 5.32 Å². The molecule has 1 unspecified atom stereocenters. The highest BCUT2D eigenvalue weighted by Crippen LogP contribution is 2.13. The first-order valence-electron chi connectivity index (χ1n) is 5.04. The second-order valence-corrected chi connectivity index (χ2v) is 3.71. The summed E-state index contributed by atoms with van der Waals surface area (Å²) in [6, 6.07) is 1.63. The topological polar surface area (TPSA) is 92.4 Å². The van der Waals surface area contributed by atoms with E-state index in [1.165, 1.54) is 6.92 Å². The number of aryl methyl sites for hydroxylation is 1. The van der Waals surface area contributed by atoms with Crippen LogP contribution < -0.4 is 11.1 Å². The molecule has 0 aromatic heterocycles. The summed E-state index contributed by atoms with van der Waals surface area (Å²) in [7, 11) is 0. The summed E-state index contributed by atoms with van der Waals surface area (Å²) in [5.74, 6) is -3.66. The normalized spacial score (nSPS) is 12.0. The molecule has 18 heavy (non-hydrogen) atoms. The molecule has 1 aromatic carbocycles. The maximum Gasteiger partial charge on any atom is 0.254 e. The van der Waals surface area contributed by atoms with Crippen LogP contribution >= 0.6 is 0 Å². The molecule has 98 valence electrons. The second-order valence-electron chi connectivity index (χ2n) is 3.71. The predicted octanol–water partition coefficient (Wildman–Crippen LogP) is -0.151. The van der Waals surface area contributed by atoms with Crippen molar-refractivity contribution in [3.8, 4) is 0 Å². The fourth-order valence-corrected chi connectivity index (χ4v) is 1.22. The third-order valence-electron chi connectivity index (χ3n) is 2.28. The van der Waals surface area contributed by atoms with Gasteiger partial charge >= 0.3 is 0 Å². The van der Waals surface area contributed by atoms with Gasteiger partial charge in [-0.2, -0.15) is 0 Å². The molecule has 0 spiro atoms. The van der Waals surface area contributed by atoms with E-state index in [4.69, 9.17) is 10.8 Å². The predicted molar refractivity (Wildman–Crippen MR) is 58.6 cm³/mol. The number of halogens is 2. The van der Waals surface area contributed by atoms with Crippen LogP contribution in [0.25, 0.3) is 0 Å². The Labute approximate surface area is 102 Å².